The maximum absolute atomic E-state index is 8.93. The third-order valence-corrected chi connectivity index (χ3v) is 2.06. The monoisotopic (exact) mass is 892 g/mol. The molecule has 26 heavy (non-hydrogen) atoms. The summed E-state index contributed by atoms with van der Waals surface area (Å²) in [6.45, 7) is -0.368. The van der Waals surface area contributed by atoms with Crippen LogP contribution in [0.4, 0.5) is 0 Å². The van der Waals surface area contributed by atoms with Crippen LogP contribution in [-0.2, 0) is 18.9 Å². The summed E-state index contributed by atoms with van der Waals surface area (Å²) in [7, 11) is 12.1. The van der Waals surface area contributed by atoms with E-state index in [4.69, 9.17) is 30.6 Å². The Balaban J connectivity index is -0.0000000836. The maximum Gasteiger partial charge on any atom is 0.102 e. The Labute approximate surface area is 143 Å². The zero-order valence-electron chi connectivity index (χ0n) is 15.1. The number of aliphatic hydroxyl groups is 6. The van der Waals surface area contributed by atoms with Crippen molar-refractivity contribution in [3.05, 3.63) is 28.4 Å². The van der Waals surface area contributed by atoms with Crippen LogP contribution in [0.15, 0.2) is 0 Å². The average Bonchev–Trinajstić information content (AvgIpc) is 2.56. The van der Waals surface area contributed by atoms with Crippen LogP contribution in [0.3, 0.4) is 0 Å². The molecule has 0 aromatic carbocycles. The van der Waals surface area contributed by atoms with Gasteiger partial charge < -0.3 is 49.6 Å². The summed E-state index contributed by atoms with van der Waals surface area (Å²) < 4.78 is 17.1. The number of rotatable bonds is 11. The molecule has 6 N–H and O–H groups in total. The minimum absolute atomic E-state index is 0. The van der Waals surface area contributed by atoms with Crippen LogP contribution in [0, 0.1) is 28.4 Å². The summed E-state index contributed by atoms with van der Waals surface area (Å²) >= 11 is 0. The molecule has 0 fully saturated rings. The van der Waals surface area contributed by atoms with E-state index < -0.39 is 24.4 Å². The quantitative estimate of drug-likeness (QED) is 0.124. The van der Waals surface area contributed by atoms with Crippen molar-refractivity contribution >= 4 is 0 Å². The molecule has 4 atom stereocenters. The molecular weight excluding hydrogens is 862 g/mol. The van der Waals surface area contributed by atoms with Gasteiger partial charge in [-0.15, -0.1) is 0 Å². The number of ether oxygens (including phenoxy) is 4. The molecule has 12 heteroatoms. The molecule has 0 aliphatic carbocycles. The molecule has 0 saturated carbocycles. The summed E-state index contributed by atoms with van der Waals surface area (Å²) in [5, 5.41) is 51.0. The van der Waals surface area contributed by atoms with Crippen molar-refractivity contribution in [3.8, 4) is 0 Å². The van der Waals surface area contributed by atoms with Gasteiger partial charge in [0.1, 0.15) is 12.2 Å². The van der Waals surface area contributed by atoms with E-state index in [0.29, 0.717) is 0 Å². The molecule has 0 aromatic rings. The Morgan fingerprint density at radius 2 is 0.769 bits per heavy atom. The Kier molecular flexibility index (Phi) is 36.8. The van der Waals surface area contributed by atoms with Gasteiger partial charge in [0.2, 0.25) is 0 Å². The fraction of sp³-hybridized carbons (Fsp3) is 0.714. The molecule has 0 saturated heterocycles. The second-order valence-electron chi connectivity index (χ2n) is 4.29. The maximum atomic E-state index is 8.93. The summed E-state index contributed by atoms with van der Waals surface area (Å²) in [6, 6.07) is 0. The fourth-order valence-corrected chi connectivity index (χ4v) is 0.841. The minimum atomic E-state index is -0.959. The van der Waals surface area contributed by atoms with Crippen molar-refractivity contribution in [3.63, 3.8) is 0 Å². The van der Waals surface area contributed by atoms with E-state index in [-0.39, 0.29) is 39.6 Å². The molecular formula is C14H30O10Rf2-4. The Hall–Kier alpha value is -2.40. The zero-order valence-corrected chi connectivity index (χ0v) is 27.9. The zero-order chi connectivity index (χ0) is 19.4. The second-order valence-corrected chi connectivity index (χ2v) is 4.29. The molecule has 0 aliphatic heterocycles. The Morgan fingerprint density at radius 3 is 0.885 bits per heavy atom. The second kappa shape index (κ2) is 27.4. The molecule has 0 radical (unpaired) electrons. The van der Waals surface area contributed by atoms with Gasteiger partial charge in [0, 0.05) is 26.4 Å². The summed E-state index contributed by atoms with van der Waals surface area (Å²) in [4.78, 5) is 0. The van der Waals surface area contributed by atoms with Crippen molar-refractivity contribution in [2.24, 2.45) is 0 Å². The van der Waals surface area contributed by atoms with Gasteiger partial charge in [-0.2, -0.15) is 0 Å². The first-order valence-electron chi connectivity index (χ1n) is 6.76. The van der Waals surface area contributed by atoms with E-state index in [1.54, 1.807) is 0 Å². The molecule has 4 unspecified atom stereocenters. The van der Waals surface area contributed by atoms with E-state index in [2.05, 4.69) is 47.4 Å². The van der Waals surface area contributed by atoms with Crippen molar-refractivity contribution in [2.45, 2.75) is 24.4 Å². The molecule has 0 spiro atoms. The van der Waals surface area contributed by atoms with Crippen molar-refractivity contribution < 1.29 is 49.6 Å². The summed E-state index contributed by atoms with van der Waals surface area (Å²) in [5.74, 6) is 0. The smallest absolute Gasteiger partial charge is 0.102 e. The van der Waals surface area contributed by atoms with Gasteiger partial charge >= 0.3 is 0 Å². The molecule has 0 heterocycles. The van der Waals surface area contributed by atoms with Crippen LogP contribution in [0.2, 0.25) is 0 Å². The Morgan fingerprint density at radius 1 is 0.538 bits per heavy atom. The molecule has 10 nitrogen and oxygen atoms in total. The minimum Gasteiger partial charge on any atom is -0.553 e. The van der Waals surface area contributed by atoms with E-state index in [0.717, 1.165) is 0 Å². The van der Waals surface area contributed by atoms with E-state index in [1.165, 1.54) is 0 Å². The van der Waals surface area contributed by atoms with Gasteiger partial charge in [-0.25, -0.2) is 28.4 Å². The SMILES string of the molecule is [CH2-]OCC(O)C(O)CO[CH2-].[CH2-]OCC(O)CO.[CH2-]OCC(O)CO.[Rf].[Rf]. The van der Waals surface area contributed by atoms with E-state index >= 15 is 0 Å². The van der Waals surface area contributed by atoms with E-state index in [9.17, 15) is 0 Å². The molecule has 154 valence electrons. The molecule has 0 bridgehead atoms. The first-order valence-corrected chi connectivity index (χ1v) is 6.76. The number of hydrogen-bond donors (Lipinski definition) is 6. The Bertz CT molecular complexity index is 208. The summed E-state index contributed by atoms with van der Waals surface area (Å²) in [5.41, 5.74) is 0. The first kappa shape index (κ1) is 34.8. The standard InChI is InChI=1S/C6H12O4.2C4H9O3.2Rf/c1-9-3-5(7)6(8)4-10-2;2*1-7-3-4(6)2-5;;/h5-8H,1-4H2;2*4-6H,1-3H2;;/q-2;2*-1;;. The average molecular weight is 892 g/mol. The molecule has 0 amide bonds. The van der Waals surface area contributed by atoms with Gasteiger partial charge in [0.15, 0.2) is 0 Å². The van der Waals surface area contributed by atoms with Crippen molar-refractivity contribution in [1.29, 1.82) is 0 Å². The number of hydrogen-bond acceptors (Lipinski definition) is 10. The van der Waals surface area contributed by atoms with Crippen LogP contribution < -0.4 is 0 Å². The third kappa shape index (κ3) is 29.6. The van der Waals surface area contributed by atoms with Gasteiger partial charge in [-0.1, -0.05) is 0 Å². The number of aliphatic hydroxyl groups excluding tert-OH is 6. The van der Waals surface area contributed by atoms with Crippen LogP contribution in [-0.4, -0.2) is 94.7 Å². The van der Waals surface area contributed by atoms with Crippen molar-refractivity contribution in [1.82, 2.24) is 0 Å². The van der Waals surface area contributed by atoms with Crippen LogP contribution >= 0.6 is 0 Å². The summed E-state index contributed by atoms with van der Waals surface area (Å²) in [6.07, 6.45) is -3.48. The largest absolute Gasteiger partial charge is 0.553 e. The van der Waals surface area contributed by atoms with Crippen LogP contribution in [0.5, 0.6) is 0 Å². The van der Waals surface area contributed by atoms with Crippen molar-refractivity contribution in [2.75, 3.05) is 39.6 Å². The predicted octanol–water partition coefficient (Wildman–Crippen LogP) is -2.38. The van der Waals surface area contributed by atoms with Crippen LogP contribution in [0.25, 0.3) is 0 Å². The van der Waals surface area contributed by atoms with Gasteiger partial charge in [-0.05, 0) is 0 Å². The third-order valence-electron chi connectivity index (χ3n) is 2.06. The van der Waals surface area contributed by atoms with Gasteiger partial charge in [0.05, 0.1) is 25.4 Å². The topological polar surface area (TPSA) is 158 Å². The van der Waals surface area contributed by atoms with Crippen LogP contribution in [0.1, 0.15) is 0 Å². The predicted molar refractivity (Wildman–Crippen MR) is 83.4 cm³/mol. The van der Waals surface area contributed by atoms with Gasteiger partial charge in [0.25, 0.3) is 0 Å². The molecule has 0 rings (SSSR count). The molecule has 0 aliphatic rings. The van der Waals surface area contributed by atoms with Gasteiger partial charge in [-0.3, -0.25) is 0 Å². The normalized spacial score (nSPS) is 14.1. The van der Waals surface area contributed by atoms with E-state index in [1.807, 2.05) is 0 Å². The first-order chi connectivity index (χ1) is 11.3. The fourth-order valence-electron chi connectivity index (χ4n) is 0.841. The molecule has 0 aromatic heterocycles.